The molecule has 7 heteroatoms. The van der Waals surface area contributed by atoms with Crippen LogP contribution in [0.5, 0.6) is 0 Å². The van der Waals surface area contributed by atoms with Gasteiger partial charge in [-0.15, -0.1) is 0 Å². The van der Waals surface area contributed by atoms with Crippen LogP contribution in [0, 0.1) is 13.8 Å². The van der Waals surface area contributed by atoms with Gasteiger partial charge in [-0.25, -0.2) is 4.98 Å². The Balaban J connectivity index is 1.43. The van der Waals surface area contributed by atoms with E-state index >= 15 is 0 Å². The van der Waals surface area contributed by atoms with Crippen molar-refractivity contribution in [3.8, 4) is 11.5 Å². The quantitative estimate of drug-likeness (QED) is 0.452. The Bertz CT molecular complexity index is 1190. The fraction of sp³-hybridized carbons (Fsp3) is 0.167. The van der Waals surface area contributed by atoms with Crippen LogP contribution in [-0.2, 0) is 23.1 Å². The van der Waals surface area contributed by atoms with E-state index in [1.54, 1.807) is 42.7 Å². The van der Waals surface area contributed by atoms with E-state index in [0.29, 0.717) is 35.2 Å². The Morgan fingerprint density at radius 1 is 1.03 bits per heavy atom. The number of hydrogen-bond donors (Lipinski definition) is 1. The second-order valence-corrected chi connectivity index (χ2v) is 8.62. The maximum Gasteiger partial charge on any atom is 0.251 e. The molecule has 0 aliphatic carbocycles. The van der Waals surface area contributed by atoms with E-state index in [9.17, 15) is 9.00 Å². The summed E-state index contributed by atoms with van der Waals surface area (Å²) in [5.41, 5.74) is 3.06. The molecule has 0 aliphatic heterocycles. The number of rotatable bonds is 7. The number of aryl methyl sites for hydroxylation is 2. The van der Waals surface area contributed by atoms with Gasteiger partial charge in [-0.05, 0) is 62.4 Å². The highest BCUT2D eigenvalue weighted by Crippen LogP contribution is 2.24. The number of hydrogen-bond acceptors (Lipinski definition) is 5. The highest BCUT2D eigenvalue weighted by Gasteiger charge is 2.16. The van der Waals surface area contributed by atoms with Crippen LogP contribution in [0.3, 0.4) is 0 Å². The van der Waals surface area contributed by atoms with Gasteiger partial charge in [-0.1, -0.05) is 17.7 Å². The zero-order valence-corrected chi connectivity index (χ0v) is 18.1. The Hall–Kier alpha value is -3.45. The smallest absolute Gasteiger partial charge is 0.251 e. The molecule has 4 rings (SSSR count). The molecule has 1 unspecified atom stereocenters. The van der Waals surface area contributed by atoms with Crippen LogP contribution in [0.1, 0.15) is 33.1 Å². The number of carbonyl (C=O) groups excluding carboxylic acids is 1. The van der Waals surface area contributed by atoms with Gasteiger partial charge in [0.25, 0.3) is 5.91 Å². The molecule has 0 fully saturated rings. The molecule has 2 aromatic heterocycles. The standard InChI is InChI=1S/C24H22N2O4S/c1-16-5-11-21(12-6-16)31(28)15-22-17(2)30-24(26-22)19-9-7-18(8-10-19)23(27)25-14-20-4-3-13-29-20/h3-13H,14-15H2,1-2H3,(H,25,27). The SMILES string of the molecule is Cc1ccc(S(=O)Cc2nc(-c3ccc(C(=O)NCc4ccco4)cc3)oc2C)cc1. The number of carbonyl (C=O) groups is 1. The molecule has 6 nitrogen and oxygen atoms in total. The number of benzene rings is 2. The number of nitrogens with zero attached hydrogens (tertiary/aromatic N) is 1. The summed E-state index contributed by atoms with van der Waals surface area (Å²) < 4.78 is 23.7. The molecule has 0 saturated heterocycles. The van der Waals surface area contributed by atoms with Gasteiger partial charge < -0.3 is 14.2 Å². The number of nitrogens with one attached hydrogen (secondary N) is 1. The van der Waals surface area contributed by atoms with Crippen LogP contribution in [0.25, 0.3) is 11.5 Å². The van der Waals surface area contributed by atoms with Crippen molar-refractivity contribution < 1.29 is 17.8 Å². The fourth-order valence-electron chi connectivity index (χ4n) is 3.03. The van der Waals surface area contributed by atoms with Crippen molar-refractivity contribution in [2.45, 2.75) is 31.0 Å². The molecule has 0 spiro atoms. The first-order valence-electron chi connectivity index (χ1n) is 9.82. The van der Waals surface area contributed by atoms with Gasteiger partial charge in [0, 0.05) is 16.0 Å². The predicted molar refractivity (Wildman–Crippen MR) is 118 cm³/mol. The lowest BCUT2D eigenvalue weighted by Gasteiger charge is -2.04. The maximum atomic E-state index is 12.7. The van der Waals surface area contributed by atoms with Crippen LogP contribution in [0.4, 0.5) is 0 Å². The van der Waals surface area contributed by atoms with Gasteiger partial charge >= 0.3 is 0 Å². The van der Waals surface area contributed by atoms with E-state index in [1.165, 1.54) is 0 Å². The lowest BCUT2D eigenvalue weighted by Crippen LogP contribution is -2.22. The van der Waals surface area contributed by atoms with Crippen molar-refractivity contribution in [3.63, 3.8) is 0 Å². The molecular formula is C24H22N2O4S. The van der Waals surface area contributed by atoms with Crippen LogP contribution < -0.4 is 5.32 Å². The molecule has 0 bridgehead atoms. The zero-order valence-electron chi connectivity index (χ0n) is 17.3. The minimum absolute atomic E-state index is 0.194. The summed E-state index contributed by atoms with van der Waals surface area (Å²) in [5, 5.41) is 2.81. The molecule has 4 aromatic rings. The Labute approximate surface area is 182 Å². The van der Waals surface area contributed by atoms with Gasteiger partial charge in [0.2, 0.25) is 5.89 Å². The van der Waals surface area contributed by atoms with Crippen LogP contribution in [-0.4, -0.2) is 15.1 Å². The average molecular weight is 435 g/mol. The topological polar surface area (TPSA) is 85.3 Å². The highest BCUT2D eigenvalue weighted by atomic mass is 32.2. The van der Waals surface area contributed by atoms with Gasteiger partial charge in [-0.3, -0.25) is 9.00 Å². The van der Waals surface area contributed by atoms with Crippen molar-refractivity contribution >= 4 is 16.7 Å². The third-order valence-electron chi connectivity index (χ3n) is 4.84. The number of oxazole rings is 1. The molecule has 31 heavy (non-hydrogen) atoms. The molecule has 0 aliphatic rings. The molecule has 1 amide bonds. The number of furan rings is 1. The van der Waals surface area contributed by atoms with Crippen LogP contribution >= 0.6 is 0 Å². The van der Waals surface area contributed by atoms with Crippen LogP contribution in [0.15, 0.2) is 80.7 Å². The average Bonchev–Trinajstić information content (AvgIpc) is 3.42. The minimum atomic E-state index is -1.20. The summed E-state index contributed by atoms with van der Waals surface area (Å²) in [5.74, 6) is 1.86. The molecule has 158 valence electrons. The second-order valence-electron chi connectivity index (χ2n) is 7.16. The van der Waals surface area contributed by atoms with Crippen molar-refractivity contribution in [1.82, 2.24) is 10.3 Å². The van der Waals surface area contributed by atoms with Gasteiger partial charge in [0.05, 0.1) is 35.1 Å². The van der Waals surface area contributed by atoms with E-state index in [1.807, 2.05) is 38.1 Å². The summed E-state index contributed by atoms with van der Waals surface area (Å²) in [6.07, 6.45) is 1.57. The highest BCUT2D eigenvalue weighted by molar-refractivity contribution is 7.84. The molecule has 0 saturated carbocycles. The first-order valence-corrected chi connectivity index (χ1v) is 11.1. The first kappa shape index (κ1) is 20.8. The number of amides is 1. The largest absolute Gasteiger partial charge is 0.467 e. The molecule has 1 N–H and O–H groups in total. The summed E-state index contributed by atoms with van der Waals surface area (Å²) in [7, 11) is -1.20. The third kappa shape index (κ3) is 5.00. The van der Waals surface area contributed by atoms with Gasteiger partial charge in [-0.2, -0.15) is 0 Å². The molecule has 2 aromatic carbocycles. The van der Waals surface area contributed by atoms with E-state index in [2.05, 4.69) is 10.3 Å². The minimum Gasteiger partial charge on any atom is -0.467 e. The van der Waals surface area contributed by atoms with Gasteiger partial charge in [0.15, 0.2) is 0 Å². The van der Waals surface area contributed by atoms with E-state index in [0.717, 1.165) is 16.0 Å². The fourth-order valence-corrected chi connectivity index (χ4v) is 4.15. The Kier molecular flexibility index (Phi) is 6.13. The normalized spacial score (nSPS) is 11.9. The lowest BCUT2D eigenvalue weighted by molar-refractivity contribution is 0.0948. The Morgan fingerprint density at radius 2 is 1.77 bits per heavy atom. The molecule has 2 heterocycles. The zero-order chi connectivity index (χ0) is 21.8. The lowest BCUT2D eigenvalue weighted by atomic mass is 10.1. The third-order valence-corrected chi connectivity index (χ3v) is 6.18. The van der Waals surface area contributed by atoms with E-state index < -0.39 is 10.8 Å². The number of aromatic nitrogens is 1. The van der Waals surface area contributed by atoms with Crippen LogP contribution in [0.2, 0.25) is 0 Å². The summed E-state index contributed by atoms with van der Waals surface area (Å²) in [4.78, 5) is 17.6. The first-order chi connectivity index (χ1) is 15.0. The predicted octanol–water partition coefficient (Wildman–Crippen LogP) is 4.79. The van der Waals surface area contributed by atoms with Crippen molar-refractivity contribution in [3.05, 3.63) is 95.3 Å². The molecule has 1 atom stereocenters. The van der Waals surface area contributed by atoms with Crippen molar-refractivity contribution in [2.24, 2.45) is 0 Å². The molecule has 0 radical (unpaired) electrons. The van der Waals surface area contributed by atoms with E-state index in [-0.39, 0.29) is 11.7 Å². The summed E-state index contributed by atoms with van der Waals surface area (Å²) in [6, 6.07) is 18.2. The van der Waals surface area contributed by atoms with Gasteiger partial charge in [0.1, 0.15) is 11.5 Å². The van der Waals surface area contributed by atoms with Crippen molar-refractivity contribution in [1.29, 1.82) is 0 Å². The monoisotopic (exact) mass is 434 g/mol. The second kappa shape index (κ2) is 9.14. The Morgan fingerprint density at radius 3 is 2.45 bits per heavy atom. The molecular weight excluding hydrogens is 412 g/mol. The summed E-state index contributed by atoms with van der Waals surface area (Å²) >= 11 is 0. The summed E-state index contributed by atoms with van der Waals surface area (Å²) in [6.45, 7) is 4.14. The van der Waals surface area contributed by atoms with Crippen molar-refractivity contribution in [2.75, 3.05) is 0 Å². The maximum absolute atomic E-state index is 12.7. The van der Waals surface area contributed by atoms with E-state index in [4.69, 9.17) is 8.83 Å².